The number of benzene rings is 1. The van der Waals surface area contributed by atoms with Gasteiger partial charge in [-0.25, -0.2) is 0 Å². The van der Waals surface area contributed by atoms with Crippen LogP contribution in [0.25, 0.3) is 0 Å². The van der Waals surface area contributed by atoms with E-state index >= 15 is 0 Å². The molecule has 0 unspecified atom stereocenters. The van der Waals surface area contributed by atoms with Gasteiger partial charge in [0.15, 0.2) is 0 Å². The van der Waals surface area contributed by atoms with Crippen LogP contribution in [0, 0.1) is 0 Å². The number of rotatable bonds is 7. The predicted octanol–water partition coefficient (Wildman–Crippen LogP) is 1.05. The van der Waals surface area contributed by atoms with Gasteiger partial charge in [-0.1, -0.05) is 18.2 Å². The van der Waals surface area contributed by atoms with Crippen LogP contribution in [0.5, 0.6) is 5.75 Å². The molecular weight excluding hydrogens is 244 g/mol. The van der Waals surface area contributed by atoms with E-state index in [1.807, 2.05) is 42.3 Å². The van der Waals surface area contributed by atoms with E-state index in [9.17, 15) is 9.59 Å². The van der Waals surface area contributed by atoms with E-state index in [-0.39, 0.29) is 18.4 Å². The topological polar surface area (TPSA) is 58.6 Å². The Labute approximate surface area is 113 Å². The summed E-state index contributed by atoms with van der Waals surface area (Å²) < 4.78 is 5.54. The Morgan fingerprint density at radius 1 is 1.26 bits per heavy atom. The maximum atomic E-state index is 11.3. The molecule has 0 heterocycles. The van der Waals surface area contributed by atoms with Crippen LogP contribution in [0.3, 0.4) is 0 Å². The molecule has 0 aliphatic rings. The van der Waals surface area contributed by atoms with Gasteiger partial charge in [0, 0.05) is 13.5 Å². The van der Waals surface area contributed by atoms with E-state index in [0.717, 1.165) is 18.7 Å². The predicted molar refractivity (Wildman–Crippen MR) is 72.9 cm³/mol. The number of imide groups is 1. The highest BCUT2D eigenvalue weighted by molar-refractivity contribution is 5.94. The largest absolute Gasteiger partial charge is 0.494 e. The molecular formula is C14H20N2O3. The van der Waals surface area contributed by atoms with Gasteiger partial charge in [0.05, 0.1) is 13.2 Å². The van der Waals surface area contributed by atoms with Crippen LogP contribution < -0.4 is 10.1 Å². The maximum absolute atomic E-state index is 11.3. The number of nitrogens with zero attached hydrogens (tertiary/aromatic N) is 1. The number of ether oxygens (including phenoxy) is 1. The molecule has 0 bridgehead atoms. The molecule has 104 valence electrons. The van der Waals surface area contributed by atoms with Gasteiger partial charge in [-0.15, -0.1) is 0 Å². The summed E-state index contributed by atoms with van der Waals surface area (Å²) in [4.78, 5) is 23.8. The van der Waals surface area contributed by atoms with E-state index < -0.39 is 0 Å². The van der Waals surface area contributed by atoms with Crippen LogP contribution in [0.1, 0.15) is 13.3 Å². The minimum absolute atomic E-state index is 0.213. The smallest absolute Gasteiger partial charge is 0.240 e. The third-order valence-electron chi connectivity index (χ3n) is 2.43. The second-order valence-corrected chi connectivity index (χ2v) is 4.36. The Morgan fingerprint density at radius 3 is 2.58 bits per heavy atom. The fraction of sp³-hybridized carbons (Fsp3) is 0.429. The zero-order chi connectivity index (χ0) is 14.1. The summed E-state index contributed by atoms with van der Waals surface area (Å²) in [5, 5.41) is 2.24. The van der Waals surface area contributed by atoms with Crippen molar-refractivity contribution in [3.63, 3.8) is 0 Å². The molecule has 2 amide bonds. The Hall–Kier alpha value is -1.88. The molecule has 0 aliphatic heterocycles. The first kappa shape index (κ1) is 15.2. The van der Waals surface area contributed by atoms with Crippen molar-refractivity contribution in [2.45, 2.75) is 13.3 Å². The fourth-order valence-electron chi connectivity index (χ4n) is 1.60. The summed E-state index contributed by atoms with van der Waals surface area (Å²) in [5.74, 6) is 0.240. The maximum Gasteiger partial charge on any atom is 0.240 e. The Kier molecular flexibility index (Phi) is 6.60. The van der Waals surface area contributed by atoms with E-state index in [4.69, 9.17) is 4.74 Å². The highest BCUT2D eigenvalue weighted by Gasteiger charge is 2.07. The van der Waals surface area contributed by atoms with Gasteiger partial charge < -0.3 is 4.74 Å². The van der Waals surface area contributed by atoms with Gasteiger partial charge in [0.25, 0.3) is 0 Å². The number of hydrogen-bond donors (Lipinski definition) is 1. The van der Waals surface area contributed by atoms with E-state index in [1.54, 1.807) is 0 Å². The monoisotopic (exact) mass is 264 g/mol. The van der Waals surface area contributed by atoms with E-state index in [1.165, 1.54) is 6.92 Å². The van der Waals surface area contributed by atoms with Crippen LogP contribution in [0.2, 0.25) is 0 Å². The average Bonchev–Trinajstić information content (AvgIpc) is 2.35. The highest BCUT2D eigenvalue weighted by atomic mass is 16.5. The normalized spacial score (nSPS) is 10.3. The van der Waals surface area contributed by atoms with Crippen molar-refractivity contribution in [2.24, 2.45) is 0 Å². The second-order valence-electron chi connectivity index (χ2n) is 4.36. The molecule has 1 rings (SSSR count). The van der Waals surface area contributed by atoms with Crippen molar-refractivity contribution in [3.05, 3.63) is 30.3 Å². The van der Waals surface area contributed by atoms with Gasteiger partial charge >= 0.3 is 0 Å². The third kappa shape index (κ3) is 7.21. The molecule has 1 N–H and O–H groups in total. The molecule has 1 aromatic carbocycles. The number of nitrogens with one attached hydrogen (secondary N) is 1. The molecule has 0 fully saturated rings. The quantitative estimate of drug-likeness (QED) is 0.748. The molecule has 19 heavy (non-hydrogen) atoms. The number of likely N-dealkylation sites (N-methyl/N-ethyl adjacent to an activating group) is 1. The lowest BCUT2D eigenvalue weighted by Gasteiger charge is -2.15. The summed E-state index contributed by atoms with van der Waals surface area (Å²) in [6.07, 6.45) is 0.818. The SMILES string of the molecule is CC(=O)NC(=O)CN(C)CCCOc1ccccc1. The van der Waals surface area contributed by atoms with Crippen molar-refractivity contribution in [3.8, 4) is 5.75 Å². The van der Waals surface area contributed by atoms with Crippen molar-refractivity contribution in [1.29, 1.82) is 0 Å². The van der Waals surface area contributed by atoms with Gasteiger partial charge in [-0.2, -0.15) is 0 Å². The van der Waals surface area contributed by atoms with Crippen molar-refractivity contribution in [1.82, 2.24) is 10.2 Å². The number of para-hydroxylation sites is 1. The second kappa shape index (κ2) is 8.26. The molecule has 0 spiro atoms. The third-order valence-corrected chi connectivity index (χ3v) is 2.43. The summed E-state index contributed by atoms with van der Waals surface area (Å²) in [5.41, 5.74) is 0. The number of carbonyl (C=O) groups excluding carboxylic acids is 2. The average molecular weight is 264 g/mol. The van der Waals surface area contributed by atoms with Crippen LogP contribution in [0.4, 0.5) is 0 Å². The zero-order valence-corrected chi connectivity index (χ0v) is 11.4. The summed E-state index contributed by atoms with van der Waals surface area (Å²) in [6, 6.07) is 9.60. The van der Waals surface area contributed by atoms with Crippen molar-refractivity contribution >= 4 is 11.8 Å². The molecule has 0 aromatic heterocycles. The summed E-state index contributed by atoms with van der Waals surface area (Å²) in [6.45, 7) is 2.87. The molecule has 5 nitrogen and oxygen atoms in total. The highest BCUT2D eigenvalue weighted by Crippen LogP contribution is 2.08. The molecule has 0 aliphatic carbocycles. The molecule has 1 aromatic rings. The minimum atomic E-state index is -0.328. The van der Waals surface area contributed by atoms with Crippen molar-refractivity contribution < 1.29 is 14.3 Å². The van der Waals surface area contributed by atoms with Crippen LogP contribution in [0.15, 0.2) is 30.3 Å². The van der Waals surface area contributed by atoms with E-state index in [2.05, 4.69) is 5.32 Å². The molecule has 0 saturated heterocycles. The fourth-order valence-corrected chi connectivity index (χ4v) is 1.60. The number of carbonyl (C=O) groups is 2. The number of hydrogen-bond acceptors (Lipinski definition) is 4. The minimum Gasteiger partial charge on any atom is -0.494 e. The van der Waals surface area contributed by atoms with Gasteiger partial charge in [-0.3, -0.25) is 19.8 Å². The lowest BCUT2D eigenvalue weighted by molar-refractivity contribution is -0.129. The van der Waals surface area contributed by atoms with Crippen molar-refractivity contribution in [2.75, 3.05) is 26.7 Å². The Balaban J connectivity index is 2.12. The van der Waals surface area contributed by atoms with Gasteiger partial charge in [0.2, 0.25) is 11.8 Å². The van der Waals surface area contributed by atoms with Gasteiger partial charge in [0.1, 0.15) is 5.75 Å². The molecule has 0 radical (unpaired) electrons. The first-order chi connectivity index (χ1) is 9.08. The zero-order valence-electron chi connectivity index (χ0n) is 11.4. The van der Waals surface area contributed by atoms with Crippen LogP contribution in [-0.4, -0.2) is 43.5 Å². The number of amides is 2. The Bertz CT molecular complexity index is 406. The lowest BCUT2D eigenvalue weighted by Crippen LogP contribution is -2.38. The van der Waals surface area contributed by atoms with Gasteiger partial charge in [-0.05, 0) is 25.6 Å². The standard InChI is InChI=1S/C14H20N2O3/c1-12(17)15-14(18)11-16(2)9-6-10-19-13-7-4-3-5-8-13/h3-5,7-8H,6,9-11H2,1-2H3,(H,15,17,18). The molecule has 0 saturated carbocycles. The lowest BCUT2D eigenvalue weighted by atomic mass is 10.3. The first-order valence-corrected chi connectivity index (χ1v) is 6.24. The van der Waals surface area contributed by atoms with Crippen LogP contribution >= 0.6 is 0 Å². The molecule has 5 heteroatoms. The molecule has 0 atom stereocenters. The summed E-state index contributed by atoms with van der Waals surface area (Å²) in [7, 11) is 1.84. The van der Waals surface area contributed by atoms with Crippen LogP contribution in [-0.2, 0) is 9.59 Å². The first-order valence-electron chi connectivity index (χ1n) is 6.24. The Morgan fingerprint density at radius 2 is 1.95 bits per heavy atom. The summed E-state index contributed by atoms with van der Waals surface area (Å²) >= 11 is 0. The van der Waals surface area contributed by atoms with E-state index in [0.29, 0.717) is 6.61 Å².